The van der Waals surface area contributed by atoms with Crippen molar-refractivity contribution in [3.63, 3.8) is 0 Å². The molecule has 0 unspecified atom stereocenters. The Morgan fingerprint density at radius 3 is 2.75 bits per heavy atom. The minimum absolute atomic E-state index is 0.110. The number of unbranched alkanes of at least 4 members (excludes halogenated alkanes) is 1. The Morgan fingerprint density at radius 2 is 2.08 bits per heavy atom. The molecule has 2 rings (SSSR count). The molecule has 4 nitrogen and oxygen atoms in total. The van der Waals surface area contributed by atoms with Gasteiger partial charge in [0, 0.05) is 11.6 Å². The molecule has 0 N–H and O–H groups in total. The van der Waals surface area contributed by atoms with Crippen molar-refractivity contribution in [3.05, 3.63) is 51.7 Å². The van der Waals surface area contributed by atoms with Crippen LogP contribution in [0.25, 0.3) is 17.4 Å². The van der Waals surface area contributed by atoms with E-state index in [1.165, 1.54) is 6.08 Å². The van der Waals surface area contributed by atoms with Gasteiger partial charge in [-0.15, -0.1) is 0 Å². The molecule has 6 heteroatoms. The summed E-state index contributed by atoms with van der Waals surface area (Å²) in [5.41, 5.74) is 0.634. The van der Waals surface area contributed by atoms with Gasteiger partial charge in [-0.05, 0) is 36.8 Å². The van der Waals surface area contributed by atoms with Crippen LogP contribution < -0.4 is 0 Å². The lowest BCUT2D eigenvalue weighted by atomic mass is 10.2. The molecule has 1 aromatic heterocycles. The van der Waals surface area contributed by atoms with E-state index >= 15 is 0 Å². The van der Waals surface area contributed by atoms with Crippen molar-refractivity contribution in [1.29, 1.82) is 5.26 Å². The van der Waals surface area contributed by atoms with Crippen molar-refractivity contribution in [2.45, 2.75) is 19.8 Å². The molecule has 124 valence electrons. The largest absolute Gasteiger partial charge is 0.462 e. The molecule has 0 fully saturated rings. The second-order valence-electron chi connectivity index (χ2n) is 4.99. The van der Waals surface area contributed by atoms with Crippen molar-refractivity contribution in [3.8, 4) is 17.4 Å². The topological polar surface area (TPSA) is 63.2 Å². The molecule has 0 atom stereocenters. The third-order valence-electron chi connectivity index (χ3n) is 3.19. The Bertz CT molecular complexity index is 803. The van der Waals surface area contributed by atoms with Crippen LogP contribution in [0.15, 0.2) is 40.3 Å². The molecule has 24 heavy (non-hydrogen) atoms. The summed E-state index contributed by atoms with van der Waals surface area (Å²) in [6.07, 6.45) is 3.02. The summed E-state index contributed by atoms with van der Waals surface area (Å²) in [4.78, 5) is 11.8. The highest BCUT2D eigenvalue weighted by atomic mass is 35.5. The van der Waals surface area contributed by atoms with Gasteiger partial charge in [0.25, 0.3) is 0 Å². The molecule has 0 radical (unpaired) electrons. The summed E-state index contributed by atoms with van der Waals surface area (Å²) < 4.78 is 10.7. The van der Waals surface area contributed by atoms with Crippen molar-refractivity contribution in [2.75, 3.05) is 6.61 Å². The number of carbonyl (C=O) groups excluding carboxylic acids is 1. The van der Waals surface area contributed by atoms with Crippen molar-refractivity contribution < 1.29 is 13.9 Å². The highest BCUT2D eigenvalue weighted by molar-refractivity contribution is 6.42. The van der Waals surface area contributed by atoms with Crippen molar-refractivity contribution in [2.24, 2.45) is 0 Å². The Balaban J connectivity index is 2.18. The number of furan rings is 1. The normalized spacial score (nSPS) is 11.2. The summed E-state index contributed by atoms with van der Waals surface area (Å²) in [7, 11) is 0. The van der Waals surface area contributed by atoms with E-state index in [4.69, 9.17) is 37.6 Å². The van der Waals surface area contributed by atoms with E-state index in [1.807, 2.05) is 13.0 Å². The molecule has 0 aliphatic carbocycles. The van der Waals surface area contributed by atoms with E-state index in [0.29, 0.717) is 28.2 Å². The van der Waals surface area contributed by atoms with Gasteiger partial charge in [-0.2, -0.15) is 5.26 Å². The molecule has 0 amide bonds. The summed E-state index contributed by atoms with van der Waals surface area (Å²) in [6, 6.07) is 10.3. The van der Waals surface area contributed by atoms with Crippen molar-refractivity contribution >= 4 is 35.2 Å². The second-order valence-corrected chi connectivity index (χ2v) is 5.80. The zero-order valence-corrected chi connectivity index (χ0v) is 14.5. The average molecular weight is 364 g/mol. The van der Waals surface area contributed by atoms with Gasteiger partial charge in [0.05, 0.1) is 16.7 Å². The first-order valence-corrected chi connectivity index (χ1v) is 8.15. The quantitative estimate of drug-likeness (QED) is 0.294. The maximum absolute atomic E-state index is 11.8. The molecule has 0 saturated heterocycles. The first-order valence-electron chi connectivity index (χ1n) is 7.39. The smallest absolute Gasteiger partial charge is 0.349 e. The van der Waals surface area contributed by atoms with Crippen LogP contribution in [0.2, 0.25) is 10.0 Å². The second kappa shape index (κ2) is 8.58. The average Bonchev–Trinajstić information content (AvgIpc) is 3.04. The predicted molar refractivity (Wildman–Crippen MR) is 93.6 cm³/mol. The molecule has 0 aliphatic heterocycles. The Labute approximate surface area is 150 Å². The summed E-state index contributed by atoms with van der Waals surface area (Å²) in [5, 5.41) is 9.98. The summed E-state index contributed by atoms with van der Waals surface area (Å²) >= 11 is 11.9. The van der Waals surface area contributed by atoms with Gasteiger partial charge < -0.3 is 9.15 Å². The predicted octanol–water partition coefficient (Wildman–Crippen LogP) is 5.50. The Morgan fingerprint density at radius 1 is 1.29 bits per heavy atom. The minimum atomic E-state index is -0.654. The van der Waals surface area contributed by atoms with Gasteiger partial charge in [-0.3, -0.25) is 0 Å². The van der Waals surface area contributed by atoms with Gasteiger partial charge in [-0.25, -0.2) is 4.79 Å². The SMILES string of the molecule is CCCCOC(=O)/C(C#N)=C/c1ccc(-c2ccc(Cl)c(Cl)c2)o1. The van der Waals surface area contributed by atoms with Crippen LogP contribution in [0.5, 0.6) is 0 Å². The van der Waals surface area contributed by atoms with Crippen LogP contribution in [-0.4, -0.2) is 12.6 Å². The monoisotopic (exact) mass is 363 g/mol. The maximum atomic E-state index is 11.8. The van der Waals surface area contributed by atoms with E-state index < -0.39 is 5.97 Å². The number of ether oxygens (including phenoxy) is 1. The van der Waals surface area contributed by atoms with Crippen LogP contribution in [0, 0.1) is 11.3 Å². The molecule has 1 heterocycles. The van der Waals surface area contributed by atoms with Crippen LogP contribution >= 0.6 is 23.2 Å². The number of nitriles is 1. The van der Waals surface area contributed by atoms with Gasteiger partial charge in [0.15, 0.2) is 0 Å². The minimum Gasteiger partial charge on any atom is -0.462 e. The van der Waals surface area contributed by atoms with Gasteiger partial charge in [-0.1, -0.05) is 36.5 Å². The lowest BCUT2D eigenvalue weighted by Gasteiger charge is -2.02. The number of rotatable bonds is 6. The van der Waals surface area contributed by atoms with Crippen LogP contribution in [0.4, 0.5) is 0 Å². The van der Waals surface area contributed by atoms with Crippen LogP contribution in [-0.2, 0) is 9.53 Å². The first kappa shape index (κ1) is 18.1. The van der Waals surface area contributed by atoms with Crippen LogP contribution in [0.3, 0.4) is 0 Å². The van der Waals surface area contributed by atoms with Crippen molar-refractivity contribution in [1.82, 2.24) is 0 Å². The number of esters is 1. The van der Waals surface area contributed by atoms with E-state index in [0.717, 1.165) is 18.4 Å². The van der Waals surface area contributed by atoms with Gasteiger partial charge in [0.2, 0.25) is 0 Å². The molecule has 0 bridgehead atoms. The summed E-state index contributed by atoms with van der Waals surface area (Å²) in [5.74, 6) is 0.273. The zero-order chi connectivity index (χ0) is 17.5. The fourth-order valence-electron chi connectivity index (χ4n) is 1.90. The van der Waals surface area contributed by atoms with Gasteiger partial charge >= 0.3 is 5.97 Å². The Kier molecular flexibility index (Phi) is 6.48. The molecule has 0 saturated carbocycles. The number of hydrogen-bond acceptors (Lipinski definition) is 4. The van der Waals surface area contributed by atoms with E-state index in [9.17, 15) is 4.79 Å². The molecule has 2 aromatic rings. The fourth-order valence-corrected chi connectivity index (χ4v) is 2.20. The number of hydrogen-bond donors (Lipinski definition) is 0. The first-order chi connectivity index (χ1) is 11.5. The highest BCUT2D eigenvalue weighted by Crippen LogP contribution is 2.30. The molecular formula is C18H15Cl2NO3. The number of carbonyl (C=O) groups is 1. The third-order valence-corrected chi connectivity index (χ3v) is 3.93. The van der Waals surface area contributed by atoms with E-state index in [2.05, 4.69) is 0 Å². The van der Waals surface area contributed by atoms with E-state index in [-0.39, 0.29) is 5.57 Å². The third kappa shape index (κ3) is 4.64. The fraction of sp³-hybridized carbons (Fsp3) is 0.222. The van der Waals surface area contributed by atoms with E-state index in [1.54, 1.807) is 30.3 Å². The van der Waals surface area contributed by atoms with Crippen LogP contribution in [0.1, 0.15) is 25.5 Å². The lowest BCUT2D eigenvalue weighted by Crippen LogP contribution is -2.07. The number of benzene rings is 1. The number of halogens is 2. The molecule has 0 aliphatic rings. The summed E-state index contributed by atoms with van der Waals surface area (Å²) in [6.45, 7) is 2.28. The lowest BCUT2D eigenvalue weighted by molar-refractivity contribution is -0.138. The number of nitrogens with zero attached hydrogens (tertiary/aromatic N) is 1. The standard InChI is InChI=1S/C18H15Cl2NO3/c1-2-3-8-23-18(22)13(11-21)9-14-5-7-17(24-14)12-4-6-15(19)16(20)10-12/h4-7,9-10H,2-3,8H2,1H3/b13-9+. The zero-order valence-electron chi connectivity index (χ0n) is 13.0. The molecular weight excluding hydrogens is 349 g/mol. The molecule has 0 spiro atoms. The maximum Gasteiger partial charge on any atom is 0.349 e. The highest BCUT2D eigenvalue weighted by Gasteiger charge is 2.12. The van der Waals surface area contributed by atoms with Gasteiger partial charge in [0.1, 0.15) is 23.2 Å². The Hall–Kier alpha value is -2.22. The molecule has 1 aromatic carbocycles.